The maximum atomic E-state index is 11.0. The lowest BCUT2D eigenvalue weighted by atomic mass is 10.2. The third-order valence-electron chi connectivity index (χ3n) is 2.35. The molecule has 15 heavy (non-hydrogen) atoms. The predicted octanol–water partition coefficient (Wildman–Crippen LogP) is 2.64. The minimum Gasteiger partial charge on any atom is -0.480 e. The molecule has 0 fully saturated rings. The van der Waals surface area contributed by atoms with Gasteiger partial charge >= 0.3 is 5.97 Å². The smallest absolute Gasteiger partial charge is 0.326 e. The molecule has 0 heterocycles. The second-order valence-electron chi connectivity index (χ2n) is 3.35. The van der Waals surface area contributed by atoms with Crippen molar-refractivity contribution in [1.29, 1.82) is 0 Å². The molecule has 1 rings (SSSR count). The highest BCUT2D eigenvalue weighted by Crippen LogP contribution is 2.21. The van der Waals surface area contributed by atoms with Crippen molar-refractivity contribution >= 4 is 23.3 Å². The summed E-state index contributed by atoms with van der Waals surface area (Å²) < 4.78 is 0. The van der Waals surface area contributed by atoms with E-state index in [-0.39, 0.29) is 0 Å². The van der Waals surface area contributed by atoms with Gasteiger partial charge in [0.05, 0.1) is 0 Å². The Kier molecular flexibility index (Phi) is 3.97. The molecule has 0 radical (unpaired) electrons. The van der Waals surface area contributed by atoms with Crippen molar-refractivity contribution in [3.8, 4) is 0 Å². The molecular weight excluding hydrogens is 214 g/mol. The van der Waals surface area contributed by atoms with Crippen molar-refractivity contribution in [2.24, 2.45) is 0 Å². The van der Waals surface area contributed by atoms with Crippen LogP contribution in [0.5, 0.6) is 0 Å². The standard InChI is InChI=1S/C11H14ClNO2/c1-3-10(11(14)15)13(2)9-6-4-5-8(12)7-9/h4-7,10H,3H2,1-2H3,(H,14,15). The molecule has 1 unspecified atom stereocenters. The quantitative estimate of drug-likeness (QED) is 0.860. The number of rotatable bonds is 4. The lowest BCUT2D eigenvalue weighted by Gasteiger charge is -2.25. The summed E-state index contributed by atoms with van der Waals surface area (Å²) in [7, 11) is 1.76. The SMILES string of the molecule is CCC(C(=O)O)N(C)c1cccc(Cl)c1. The van der Waals surface area contributed by atoms with Gasteiger partial charge < -0.3 is 10.0 Å². The summed E-state index contributed by atoms with van der Waals surface area (Å²) >= 11 is 5.84. The monoisotopic (exact) mass is 227 g/mol. The number of carboxylic acids is 1. The first-order valence-corrected chi connectivity index (χ1v) is 5.15. The van der Waals surface area contributed by atoms with Crippen LogP contribution in [0.25, 0.3) is 0 Å². The zero-order valence-electron chi connectivity index (χ0n) is 8.77. The minimum absolute atomic E-state index is 0.511. The van der Waals surface area contributed by atoms with Crippen molar-refractivity contribution < 1.29 is 9.90 Å². The number of carbonyl (C=O) groups is 1. The van der Waals surface area contributed by atoms with Crippen LogP contribution in [0.15, 0.2) is 24.3 Å². The number of halogens is 1. The van der Waals surface area contributed by atoms with E-state index in [1.807, 2.05) is 19.1 Å². The number of hydrogen-bond donors (Lipinski definition) is 1. The van der Waals surface area contributed by atoms with E-state index in [1.165, 1.54) is 0 Å². The van der Waals surface area contributed by atoms with Gasteiger partial charge in [-0.05, 0) is 24.6 Å². The zero-order valence-corrected chi connectivity index (χ0v) is 9.53. The van der Waals surface area contributed by atoms with Gasteiger partial charge in [0.25, 0.3) is 0 Å². The van der Waals surface area contributed by atoms with Gasteiger partial charge in [-0.25, -0.2) is 4.79 Å². The molecule has 0 saturated heterocycles. The molecule has 0 saturated carbocycles. The molecule has 0 aliphatic rings. The Balaban J connectivity index is 2.92. The molecular formula is C11H14ClNO2. The van der Waals surface area contributed by atoms with Gasteiger partial charge in [-0.1, -0.05) is 24.6 Å². The van der Waals surface area contributed by atoms with Crippen molar-refractivity contribution in [2.75, 3.05) is 11.9 Å². The number of carboxylic acid groups (broad SMARTS) is 1. The predicted molar refractivity (Wildman–Crippen MR) is 61.6 cm³/mol. The molecule has 3 nitrogen and oxygen atoms in total. The van der Waals surface area contributed by atoms with E-state index in [2.05, 4.69) is 0 Å². The van der Waals surface area contributed by atoms with Gasteiger partial charge in [0.1, 0.15) is 6.04 Å². The van der Waals surface area contributed by atoms with E-state index < -0.39 is 12.0 Å². The summed E-state index contributed by atoms with van der Waals surface area (Å²) in [5.74, 6) is -0.819. The summed E-state index contributed by atoms with van der Waals surface area (Å²) in [5.41, 5.74) is 0.816. The number of anilines is 1. The molecule has 0 bridgehead atoms. The lowest BCUT2D eigenvalue weighted by molar-refractivity contribution is -0.138. The number of likely N-dealkylation sites (N-methyl/N-ethyl adjacent to an activating group) is 1. The molecule has 1 N–H and O–H groups in total. The van der Waals surface area contributed by atoms with Crippen LogP contribution in [-0.4, -0.2) is 24.2 Å². The van der Waals surface area contributed by atoms with Gasteiger partial charge in [0, 0.05) is 17.8 Å². The molecule has 0 aliphatic heterocycles. The Labute approximate surface area is 94.3 Å². The fourth-order valence-corrected chi connectivity index (χ4v) is 1.67. The molecule has 1 aromatic carbocycles. The van der Waals surface area contributed by atoms with Gasteiger partial charge in [-0.15, -0.1) is 0 Å². The van der Waals surface area contributed by atoms with Crippen molar-refractivity contribution in [1.82, 2.24) is 0 Å². The highest BCUT2D eigenvalue weighted by molar-refractivity contribution is 6.30. The van der Waals surface area contributed by atoms with Gasteiger partial charge in [-0.2, -0.15) is 0 Å². The van der Waals surface area contributed by atoms with Gasteiger partial charge in [0.15, 0.2) is 0 Å². The van der Waals surface area contributed by atoms with E-state index in [4.69, 9.17) is 16.7 Å². The zero-order chi connectivity index (χ0) is 11.4. The van der Waals surface area contributed by atoms with Crippen LogP contribution in [0.3, 0.4) is 0 Å². The molecule has 0 aromatic heterocycles. The summed E-state index contributed by atoms with van der Waals surface area (Å²) in [6, 6.07) is 6.66. The second-order valence-corrected chi connectivity index (χ2v) is 3.79. The third kappa shape index (κ3) is 2.86. The Morgan fingerprint density at radius 3 is 2.73 bits per heavy atom. The number of aliphatic carboxylic acids is 1. The molecule has 4 heteroatoms. The highest BCUT2D eigenvalue weighted by Gasteiger charge is 2.20. The van der Waals surface area contributed by atoms with Crippen LogP contribution in [0, 0.1) is 0 Å². The van der Waals surface area contributed by atoms with Crippen LogP contribution in [0.2, 0.25) is 5.02 Å². The number of hydrogen-bond acceptors (Lipinski definition) is 2. The van der Waals surface area contributed by atoms with E-state index in [0.717, 1.165) is 5.69 Å². The van der Waals surface area contributed by atoms with Gasteiger partial charge in [-0.3, -0.25) is 0 Å². The maximum absolute atomic E-state index is 11.0. The van der Waals surface area contributed by atoms with Gasteiger partial charge in [0.2, 0.25) is 0 Å². The van der Waals surface area contributed by atoms with E-state index >= 15 is 0 Å². The average Bonchev–Trinajstić information content (AvgIpc) is 2.18. The Morgan fingerprint density at radius 2 is 2.27 bits per heavy atom. The van der Waals surface area contributed by atoms with Crippen molar-refractivity contribution in [3.05, 3.63) is 29.3 Å². The van der Waals surface area contributed by atoms with Crippen LogP contribution >= 0.6 is 11.6 Å². The fraction of sp³-hybridized carbons (Fsp3) is 0.364. The first-order valence-electron chi connectivity index (χ1n) is 4.77. The molecule has 0 amide bonds. The Bertz CT molecular complexity index is 354. The molecule has 1 aromatic rings. The van der Waals surface area contributed by atoms with E-state index in [1.54, 1.807) is 24.1 Å². The van der Waals surface area contributed by atoms with Crippen LogP contribution < -0.4 is 4.90 Å². The summed E-state index contributed by atoms with van der Waals surface area (Å²) in [6.07, 6.45) is 0.554. The topological polar surface area (TPSA) is 40.5 Å². The minimum atomic E-state index is -0.819. The summed E-state index contributed by atoms with van der Waals surface area (Å²) in [6.45, 7) is 1.85. The summed E-state index contributed by atoms with van der Waals surface area (Å²) in [4.78, 5) is 12.7. The number of nitrogens with zero attached hydrogens (tertiary/aromatic N) is 1. The lowest BCUT2D eigenvalue weighted by Crippen LogP contribution is -2.37. The largest absolute Gasteiger partial charge is 0.480 e. The van der Waals surface area contributed by atoms with Crippen LogP contribution in [0.4, 0.5) is 5.69 Å². The Hall–Kier alpha value is -1.22. The average molecular weight is 228 g/mol. The first-order chi connectivity index (χ1) is 7.06. The fourth-order valence-electron chi connectivity index (χ4n) is 1.49. The van der Waals surface area contributed by atoms with Crippen LogP contribution in [-0.2, 0) is 4.79 Å². The first kappa shape index (κ1) is 11.9. The van der Waals surface area contributed by atoms with Crippen molar-refractivity contribution in [3.63, 3.8) is 0 Å². The third-order valence-corrected chi connectivity index (χ3v) is 2.59. The molecule has 82 valence electrons. The molecule has 0 spiro atoms. The number of benzene rings is 1. The van der Waals surface area contributed by atoms with Crippen LogP contribution in [0.1, 0.15) is 13.3 Å². The van der Waals surface area contributed by atoms with Crippen molar-refractivity contribution in [2.45, 2.75) is 19.4 Å². The molecule has 1 atom stereocenters. The van der Waals surface area contributed by atoms with E-state index in [0.29, 0.717) is 11.4 Å². The highest BCUT2D eigenvalue weighted by atomic mass is 35.5. The van der Waals surface area contributed by atoms with E-state index in [9.17, 15) is 4.79 Å². The molecule has 0 aliphatic carbocycles. The maximum Gasteiger partial charge on any atom is 0.326 e. The summed E-state index contributed by atoms with van der Waals surface area (Å²) in [5, 5.41) is 9.61. The second kappa shape index (κ2) is 5.03. The Morgan fingerprint density at radius 1 is 1.60 bits per heavy atom. The normalized spacial score (nSPS) is 12.2.